The highest BCUT2D eigenvalue weighted by atomic mass is 16.2. The van der Waals surface area contributed by atoms with Crippen LogP contribution in [0.25, 0.3) is 0 Å². The predicted octanol–water partition coefficient (Wildman–Crippen LogP) is 5.55. The fourth-order valence-electron chi connectivity index (χ4n) is 5.69. The molecule has 2 atom stereocenters. The minimum atomic E-state index is -0.0733. The average Bonchev–Trinajstić information content (AvgIpc) is 3.29. The van der Waals surface area contributed by atoms with Gasteiger partial charge in [0.25, 0.3) is 0 Å². The van der Waals surface area contributed by atoms with Crippen molar-refractivity contribution in [1.29, 1.82) is 0 Å². The molecule has 2 unspecified atom stereocenters. The van der Waals surface area contributed by atoms with Crippen molar-refractivity contribution in [3.8, 4) is 0 Å². The lowest BCUT2D eigenvalue weighted by atomic mass is 9.74. The molecule has 0 aromatic heterocycles. The number of likely N-dealkylation sites (tertiary alicyclic amines) is 1. The van der Waals surface area contributed by atoms with Crippen molar-refractivity contribution in [1.82, 2.24) is 4.90 Å². The molecule has 31 heavy (non-hydrogen) atoms. The third kappa shape index (κ3) is 3.42. The van der Waals surface area contributed by atoms with Crippen LogP contribution in [0.15, 0.2) is 84.9 Å². The molecular weight excluding hydrogens is 380 g/mol. The molecule has 158 valence electrons. The molecule has 3 nitrogen and oxygen atoms in total. The lowest BCUT2D eigenvalue weighted by Gasteiger charge is -2.39. The van der Waals surface area contributed by atoms with Crippen molar-refractivity contribution in [2.24, 2.45) is 0 Å². The number of rotatable bonds is 6. The summed E-state index contributed by atoms with van der Waals surface area (Å²) in [6, 6.07) is 30.2. The maximum Gasteiger partial charge on any atom is 0.224 e. The van der Waals surface area contributed by atoms with Crippen LogP contribution in [0.3, 0.4) is 0 Å². The zero-order valence-corrected chi connectivity index (χ0v) is 18.2. The van der Waals surface area contributed by atoms with E-state index in [0.29, 0.717) is 6.42 Å². The standard InChI is InChI=1S/C28H30N2O/c1-2-11-26(31)29-19-18-28(20-22-12-5-3-6-13-22)24-16-9-10-17-25(24)30(27(28)29)21-23-14-7-4-8-15-23/h3-10,12-17,27H,2,11,18-21H2,1H3. The van der Waals surface area contributed by atoms with Crippen LogP contribution in [0.5, 0.6) is 0 Å². The van der Waals surface area contributed by atoms with Crippen LogP contribution in [-0.4, -0.2) is 23.5 Å². The predicted molar refractivity (Wildman–Crippen MR) is 126 cm³/mol. The van der Waals surface area contributed by atoms with Crippen LogP contribution in [0, 0.1) is 0 Å². The molecule has 0 aliphatic carbocycles. The van der Waals surface area contributed by atoms with E-state index < -0.39 is 0 Å². The minimum absolute atomic E-state index is 0.0596. The second-order valence-electron chi connectivity index (χ2n) is 8.91. The normalized spacial score (nSPS) is 21.8. The number of hydrogen-bond donors (Lipinski definition) is 0. The Morgan fingerprint density at radius 2 is 1.55 bits per heavy atom. The Bertz CT molecular complexity index is 1050. The summed E-state index contributed by atoms with van der Waals surface area (Å²) >= 11 is 0. The number of fused-ring (bicyclic) bond motifs is 3. The van der Waals surface area contributed by atoms with Crippen molar-refractivity contribution in [3.05, 3.63) is 102 Å². The SMILES string of the molecule is CCCC(=O)N1CCC2(Cc3ccccc3)c3ccccc3N(Cc3ccccc3)C12. The Morgan fingerprint density at radius 1 is 0.903 bits per heavy atom. The zero-order chi connectivity index (χ0) is 21.3. The van der Waals surface area contributed by atoms with E-state index in [1.54, 1.807) is 0 Å². The van der Waals surface area contributed by atoms with E-state index in [1.807, 2.05) is 0 Å². The summed E-state index contributed by atoms with van der Waals surface area (Å²) in [4.78, 5) is 17.9. The molecule has 0 spiro atoms. The third-order valence-electron chi connectivity index (χ3n) is 6.98. The molecule has 0 N–H and O–H groups in total. The smallest absolute Gasteiger partial charge is 0.224 e. The topological polar surface area (TPSA) is 23.6 Å². The number of anilines is 1. The molecule has 0 saturated carbocycles. The fraction of sp³-hybridized carbons (Fsp3) is 0.321. The van der Waals surface area contributed by atoms with E-state index >= 15 is 0 Å². The molecule has 1 fully saturated rings. The lowest BCUT2D eigenvalue weighted by molar-refractivity contribution is -0.132. The molecule has 1 saturated heterocycles. The first-order valence-electron chi connectivity index (χ1n) is 11.5. The van der Waals surface area contributed by atoms with E-state index in [9.17, 15) is 4.79 Å². The molecule has 2 aliphatic rings. The van der Waals surface area contributed by atoms with Gasteiger partial charge in [-0.2, -0.15) is 0 Å². The van der Waals surface area contributed by atoms with Crippen molar-refractivity contribution in [2.45, 2.75) is 50.7 Å². The average molecular weight is 411 g/mol. The molecule has 3 aromatic rings. The van der Waals surface area contributed by atoms with Gasteiger partial charge in [-0.1, -0.05) is 85.8 Å². The highest BCUT2D eigenvalue weighted by Gasteiger charge is 2.57. The summed E-state index contributed by atoms with van der Waals surface area (Å²) in [6.07, 6.45) is 3.53. The van der Waals surface area contributed by atoms with Crippen molar-refractivity contribution in [3.63, 3.8) is 0 Å². The Labute approximate surface area is 185 Å². The van der Waals surface area contributed by atoms with E-state index in [1.165, 1.54) is 22.4 Å². The number of hydrogen-bond acceptors (Lipinski definition) is 2. The van der Waals surface area contributed by atoms with Gasteiger partial charge in [0.1, 0.15) is 6.17 Å². The molecule has 3 heteroatoms. The van der Waals surface area contributed by atoms with E-state index in [2.05, 4.69) is 102 Å². The lowest BCUT2D eigenvalue weighted by Crippen LogP contribution is -2.52. The molecule has 0 radical (unpaired) electrons. The number of para-hydroxylation sites is 1. The number of carbonyl (C=O) groups excluding carboxylic acids is 1. The van der Waals surface area contributed by atoms with E-state index in [0.717, 1.165) is 32.4 Å². The first kappa shape index (κ1) is 19.9. The maximum absolute atomic E-state index is 13.2. The summed E-state index contributed by atoms with van der Waals surface area (Å²) in [5, 5.41) is 0. The molecule has 2 aliphatic heterocycles. The van der Waals surface area contributed by atoms with Crippen molar-refractivity contribution in [2.75, 3.05) is 11.4 Å². The summed E-state index contributed by atoms with van der Waals surface area (Å²) in [6.45, 7) is 3.74. The Hall–Kier alpha value is -3.07. The van der Waals surface area contributed by atoms with Gasteiger partial charge in [-0.15, -0.1) is 0 Å². The van der Waals surface area contributed by atoms with E-state index in [4.69, 9.17) is 0 Å². The van der Waals surface area contributed by atoms with Gasteiger partial charge in [0, 0.05) is 30.6 Å². The van der Waals surface area contributed by atoms with Crippen LogP contribution in [-0.2, 0) is 23.2 Å². The number of carbonyl (C=O) groups is 1. The summed E-state index contributed by atoms with van der Waals surface area (Å²) < 4.78 is 0. The molecule has 0 bridgehead atoms. The Morgan fingerprint density at radius 3 is 2.26 bits per heavy atom. The van der Waals surface area contributed by atoms with Gasteiger partial charge in [0.05, 0.1) is 0 Å². The molecule has 5 rings (SSSR count). The molecule has 1 amide bonds. The maximum atomic E-state index is 13.2. The highest BCUT2D eigenvalue weighted by molar-refractivity contribution is 5.79. The first-order valence-corrected chi connectivity index (χ1v) is 11.5. The number of benzene rings is 3. The Balaban J connectivity index is 1.62. The molecular formula is C28H30N2O. The van der Waals surface area contributed by atoms with Gasteiger partial charge in [-0.25, -0.2) is 0 Å². The van der Waals surface area contributed by atoms with Crippen molar-refractivity contribution < 1.29 is 4.79 Å². The van der Waals surface area contributed by atoms with E-state index in [-0.39, 0.29) is 17.5 Å². The van der Waals surface area contributed by atoms with Gasteiger partial charge < -0.3 is 9.80 Å². The largest absolute Gasteiger partial charge is 0.346 e. The Kier molecular flexibility index (Phi) is 5.27. The van der Waals surface area contributed by atoms with Crippen LogP contribution < -0.4 is 4.90 Å². The molecule has 2 heterocycles. The van der Waals surface area contributed by atoms with Crippen LogP contribution in [0.1, 0.15) is 42.9 Å². The van der Waals surface area contributed by atoms with Crippen molar-refractivity contribution >= 4 is 11.6 Å². The first-order chi connectivity index (χ1) is 15.2. The number of nitrogens with zero attached hydrogens (tertiary/aromatic N) is 2. The second-order valence-corrected chi connectivity index (χ2v) is 8.91. The third-order valence-corrected chi connectivity index (χ3v) is 6.98. The van der Waals surface area contributed by atoms with Gasteiger partial charge in [-0.05, 0) is 42.0 Å². The quantitative estimate of drug-likeness (QED) is 0.532. The number of amides is 1. The van der Waals surface area contributed by atoms with Gasteiger partial charge in [0.15, 0.2) is 0 Å². The monoisotopic (exact) mass is 410 g/mol. The fourth-order valence-corrected chi connectivity index (χ4v) is 5.69. The zero-order valence-electron chi connectivity index (χ0n) is 18.2. The van der Waals surface area contributed by atoms with Gasteiger partial charge in [0.2, 0.25) is 5.91 Å². The van der Waals surface area contributed by atoms with Gasteiger partial charge >= 0.3 is 0 Å². The van der Waals surface area contributed by atoms with Crippen LogP contribution in [0.2, 0.25) is 0 Å². The minimum Gasteiger partial charge on any atom is -0.346 e. The summed E-state index contributed by atoms with van der Waals surface area (Å²) in [7, 11) is 0. The summed E-state index contributed by atoms with van der Waals surface area (Å²) in [5.74, 6) is 0.285. The second kappa shape index (κ2) is 8.22. The van der Waals surface area contributed by atoms with Crippen LogP contribution in [0.4, 0.5) is 5.69 Å². The highest BCUT2D eigenvalue weighted by Crippen LogP contribution is 2.54. The van der Waals surface area contributed by atoms with Crippen LogP contribution >= 0.6 is 0 Å². The summed E-state index contributed by atoms with van der Waals surface area (Å²) in [5.41, 5.74) is 5.22. The molecule has 3 aromatic carbocycles. The van der Waals surface area contributed by atoms with Gasteiger partial charge in [-0.3, -0.25) is 4.79 Å².